The van der Waals surface area contributed by atoms with E-state index in [9.17, 15) is 4.79 Å². The summed E-state index contributed by atoms with van der Waals surface area (Å²) in [4.78, 5) is 11.5. The van der Waals surface area contributed by atoms with Crippen LogP contribution in [0.5, 0.6) is 0 Å². The number of esters is 1. The summed E-state index contributed by atoms with van der Waals surface area (Å²) >= 11 is 2.29. The van der Waals surface area contributed by atoms with E-state index in [2.05, 4.69) is 35.6 Å². The third-order valence-electron chi connectivity index (χ3n) is 3.13. The minimum Gasteiger partial charge on any atom is -0.457 e. The van der Waals surface area contributed by atoms with Crippen LogP contribution in [0.2, 0.25) is 0 Å². The maximum Gasteiger partial charge on any atom is 0.313 e. The van der Waals surface area contributed by atoms with Crippen LogP contribution < -0.4 is 0 Å². The monoisotopic (exact) mass is 306 g/mol. The predicted octanol–water partition coefficient (Wildman–Crippen LogP) is 3.06. The van der Waals surface area contributed by atoms with Crippen molar-refractivity contribution in [1.82, 2.24) is 0 Å². The molecular weight excluding hydrogens is 291 g/mol. The normalized spacial score (nSPS) is 35.4. The van der Waals surface area contributed by atoms with Crippen molar-refractivity contribution in [3.63, 3.8) is 0 Å². The molecule has 78 valence electrons. The molecule has 3 aliphatic rings. The van der Waals surface area contributed by atoms with E-state index in [-0.39, 0.29) is 18.0 Å². The molecule has 0 spiro atoms. The van der Waals surface area contributed by atoms with Crippen LogP contribution in [-0.4, -0.2) is 12.1 Å². The fourth-order valence-corrected chi connectivity index (χ4v) is 3.07. The summed E-state index contributed by atoms with van der Waals surface area (Å²) in [6.07, 6.45) is 6.85. The molecular formula is C11H15IO2. The lowest BCUT2D eigenvalue weighted by Gasteiger charge is -2.38. The van der Waals surface area contributed by atoms with E-state index in [0.717, 1.165) is 6.42 Å². The SMILES string of the molecule is CCCC[C@@H]1C[C@@H]2OC(=O)[C@H]1C=C2I. The Labute approximate surface area is 98.2 Å². The maximum absolute atomic E-state index is 11.5. The second-order valence-electron chi connectivity index (χ2n) is 4.14. The summed E-state index contributed by atoms with van der Waals surface area (Å²) in [5, 5.41) is 0. The molecule has 3 heteroatoms. The molecule has 0 N–H and O–H groups in total. The highest BCUT2D eigenvalue weighted by Gasteiger charge is 2.42. The number of carbonyl (C=O) groups is 1. The average molecular weight is 306 g/mol. The summed E-state index contributed by atoms with van der Waals surface area (Å²) in [5.41, 5.74) is 0. The number of carbonyl (C=O) groups excluding carboxylic acids is 1. The first-order valence-electron chi connectivity index (χ1n) is 5.30. The van der Waals surface area contributed by atoms with Gasteiger partial charge >= 0.3 is 5.97 Å². The summed E-state index contributed by atoms with van der Waals surface area (Å²) in [6.45, 7) is 2.19. The Balaban J connectivity index is 2.07. The molecule has 3 atom stereocenters. The number of halogens is 1. The van der Waals surface area contributed by atoms with Crippen LogP contribution in [0.25, 0.3) is 0 Å². The minimum atomic E-state index is 0.00256. The lowest BCUT2D eigenvalue weighted by Crippen LogP contribution is -2.41. The van der Waals surface area contributed by atoms with E-state index in [1.807, 2.05) is 0 Å². The number of ether oxygens (including phenoxy) is 1. The molecule has 3 rings (SSSR count). The minimum absolute atomic E-state index is 0.00256. The molecule has 0 amide bonds. The van der Waals surface area contributed by atoms with Gasteiger partial charge in [0.2, 0.25) is 0 Å². The molecule has 14 heavy (non-hydrogen) atoms. The topological polar surface area (TPSA) is 26.3 Å². The van der Waals surface area contributed by atoms with Crippen molar-refractivity contribution in [2.75, 3.05) is 0 Å². The maximum atomic E-state index is 11.5. The number of fused-ring (bicyclic) bond motifs is 2. The van der Waals surface area contributed by atoms with Crippen LogP contribution in [0.4, 0.5) is 0 Å². The molecule has 2 nitrogen and oxygen atoms in total. The van der Waals surface area contributed by atoms with E-state index in [0.29, 0.717) is 5.92 Å². The summed E-state index contributed by atoms with van der Waals surface area (Å²) in [6, 6.07) is 0. The molecule has 0 radical (unpaired) electrons. The van der Waals surface area contributed by atoms with Crippen LogP contribution >= 0.6 is 22.6 Å². The molecule has 1 saturated heterocycles. The van der Waals surface area contributed by atoms with Gasteiger partial charge in [-0.3, -0.25) is 4.79 Å². The number of unbranched alkanes of at least 4 members (excludes halogenated alkanes) is 1. The number of hydrogen-bond donors (Lipinski definition) is 0. The van der Waals surface area contributed by atoms with Gasteiger partial charge in [-0.1, -0.05) is 25.8 Å². The first-order valence-corrected chi connectivity index (χ1v) is 6.38. The van der Waals surface area contributed by atoms with Crippen molar-refractivity contribution in [1.29, 1.82) is 0 Å². The number of hydrogen-bond acceptors (Lipinski definition) is 2. The highest BCUT2D eigenvalue weighted by Crippen LogP contribution is 2.41. The Kier molecular flexibility index (Phi) is 3.14. The second kappa shape index (κ2) is 4.21. The van der Waals surface area contributed by atoms with E-state index >= 15 is 0 Å². The predicted molar refractivity (Wildman–Crippen MR) is 63.1 cm³/mol. The average Bonchev–Trinajstić information content (AvgIpc) is 2.17. The van der Waals surface area contributed by atoms with Crippen LogP contribution in [0.1, 0.15) is 32.6 Å². The fraction of sp³-hybridized carbons (Fsp3) is 0.727. The van der Waals surface area contributed by atoms with Gasteiger partial charge in [0, 0.05) is 3.58 Å². The van der Waals surface area contributed by atoms with Crippen molar-refractivity contribution in [3.8, 4) is 0 Å². The van der Waals surface area contributed by atoms with E-state index in [1.54, 1.807) is 0 Å². The third kappa shape index (κ3) is 1.83. The fourth-order valence-electron chi connectivity index (χ4n) is 2.30. The molecule has 1 fully saturated rings. The first kappa shape index (κ1) is 10.5. The molecule has 2 aliphatic heterocycles. The van der Waals surface area contributed by atoms with E-state index in [4.69, 9.17) is 4.74 Å². The Morgan fingerprint density at radius 2 is 2.43 bits per heavy atom. The Bertz CT molecular complexity index is 272. The first-order chi connectivity index (χ1) is 6.72. The lowest BCUT2D eigenvalue weighted by molar-refractivity contribution is -0.161. The van der Waals surface area contributed by atoms with Crippen molar-refractivity contribution < 1.29 is 9.53 Å². The highest BCUT2D eigenvalue weighted by atomic mass is 127. The number of rotatable bonds is 3. The van der Waals surface area contributed by atoms with Crippen LogP contribution in [-0.2, 0) is 9.53 Å². The summed E-state index contributed by atoms with van der Waals surface area (Å²) < 4.78 is 6.52. The molecule has 0 aromatic heterocycles. The van der Waals surface area contributed by atoms with E-state index in [1.165, 1.54) is 22.8 Å². The highest BCUT2D eigenvalue weighted by molar-refractivity contribution is 14.1. The van der Waals surface area contributed by atoms with Crippen molar-refractivity contribution in [3.05, 3.63) is 9.66 Å². The third-order valence-corrected chi connectivity index (χ3v) is 4.18. The quantitative estimate of drug-likeness (QED) is 0.592. The smallest absolute Gasteiger partial charge is 0.313 e. The van der Waals surface area contributed by atoms with Gasteiger partial charge in [-0.05, 0) is 41.4 Å². The molecule has 2 bridgehead atoms. The standard InChI is InChI=1S/C11H15IO2/c1-2-3-4-7-5-10-9(12)6-8(7)11(13)14-10/h6-8,10H,2-5H2,1H3/t7-,8+,10+/m1/s1. The zero-order valence-corrected chi connectivity index (χ0v) is 10.5. The Morgan fingerprint density at radius 1 is 1.64 bits per heavy atom. The molecule has 2 heterocycles. The largest absolute Gasteiger partial charge is 0.457 e. The van der Waals surface area contributed by atoms with Gasteiger partial charge in [-0.2, -0.15) is 0 Å². The van der Waals surface area contributed by atoms with Crippen molar-refractivity contribution >= 4 is 28.6 Å². The van der Waals surface area contributed by atoms with Gasteiger partial charge in [0.15, 0.2) is 0 Å². The lowest BCUT2D eigenvalue weighted by atomic mass is 9.77. The molecule has 0 saturated carbocycles. The van der Waals surface area contributed by atoms with Gasteiger partial charge in [-0.15, -0.1) is 0 Å². The molecule has 0 unspecified atom stereocenters. The Hall–Kier alpha value is -0.0600. The zero-order chi connectivity index (χ0) is 10.1. The molecule has 0 aromatic rings. The summed E-state index contributed by atoms with van der Waals surface area (Å²) in [5.74, 6) is 0.598. The van der Waals surface area contributed by atoms with Crippen LogP contribution in [0.15, 0.2) is 9.66 Å². The van der Waals surface area contributed by atoms with Gasteiger partial charge in [0.1, 0.15) is 6.10 Å². The van der Waals surface area contributed by atoms with Crippen LogP contribution in [0.3, 0.4) is 0 Å². The zero-order valence-electron chi connectivity index (χ0n) is 8.33. The summed E-state index contributed by atoms with van der Waals surface area (Å²) in [7, 11) is 0. The van der Waals surface area contributed by atoms with Gasteiger partial charge < -0.3 is 4.74 Å². The second-order valence-corrected chi connectivity index (χ2v) is 5.39. The van der Waals surface area contributed by atoms with Crippen molar-refractivity contribution in [2.24, 2.45) is 11.8 Å². The molecule has 0 aromatic carbocycles. The van der Waals surface area contributed by atoms with Gasteiger partial charge in [0.05, 0.1) is 5.92 Å². The van der Waals surface area contributed by atoms with Crippen molar-refractivity contribution in [2.45, 2.75) is 38.7 Å². The molecule has 1 aliphatic carbocycles. The van der Waals surface area contributed by atoms with Gasteiger partial charge in [-0.25, -0.2) is 0 Å². The van der Waals surface area contributed by atoms with E-state index < -0.39 is 0 Å². The Morgan fingerprint density at radius 3 is 3.07 bits per heavy atom. The van der Waals surface area contributed by atoms with Crippen LogP contribution in [0, 0.1) is 11.8 Å². The van der Waals surface area contributed by atoms with Gasteiger partial charge in [0.25, 0.3) is 0 Å².